The van der Waals surface area contributed by atoms with Gasteiger partial charge in [-0.05, 0) is 54.4 Å². The minimum Gasteiger partial charge on any atom is -0.375 e. The Balaban J connectivity index is 1.69. The predicted molar refractivity (Wildman–Crippen MR) is 91.4 cm³/mol. The lowest BCUT2D eigenvalue weighted by atomic mass is 10.1. The Labute approximate surface area is 137 Å². The van der Waals surface area contributed by atoms with E-state index in [1.807, 2.05) is 0 Å². The van der Waals surface area contributed by atoms with Crippen LogP contribution in [0.3, 0.4) is 0 Å². The maximum absolute atomic E-state index is 6.06. The van der Waals surface area contributed by atoms with Crippen LogP contribution in [0.15, 0.2) is 0 Å². The highest BCUT2D eigenvalue weighted by atomic mass is 16.5. The molecule has 2 fully saturated rings. The molecule has 0 aromatic heterocycles. The van der Waals surface area contributed by atoms with Crippen LogP contribution in [0, 0.1) is 0 Å². The minimum atomic E-state index is -0.0261. The van der Waals surface area contributed by atoms with Crippen molar-refractivity contribution in [3.8, 4) is 0 Å². The van der Waals surface area contributed by atoms with Gasteiger partial charge in [0.25, 0.3) is 0 Å². The van der Waals surface area contributed by atoms with E-state index in [0.29, 0.717) is 5.54 Å². The summed E-state index contributed by atoms with van der Waals surface area (Å²) in [6.45, 7) is 20.2. The molecule has 1 heterocycles. The topological polar surface area (TPSA) is 24.9 Å². The SMILES string of the molecule is CC(C)(C)OCCN1CCN(C2(COC(C)(C)C)CC2)CC1. The summed E-state index contributed by atoms with van der Waals surface area (Å²) in [6, 6.07) is 0. The average molecular weight is 312 g/mol. The summed E-state index contributed by atoms with van der Waals surface area (Å²) in [5.74, 6) is 0. The van der Waals surface area contributed by atoms with Gasteiger partial charge in [0.2, 0.25) is 0 Å². The van der Waals surface area contributed by atoms with Crippen molar-refractivity contribution in [2.75, 3.05) is 45.9 Å². The first-order valence-electron chi connectivity index (χ1n) is 8.85. The van der Waals surface area contributed by atoms with Gasteiger partial charge in [-0.2, -0.15) is 0 Å². The molecular formula is C18H36N2O2. The summed E-state index contributed by atoms with van der Waals surface area (Å²) in [5.41, 5.74) is 0.299. The third-order valence-electron chi connectivity index (χ3n) is 4.59. The van der Waals surface area contributed by atoms with E-state index in [4.69, 9.17) is 9.47 Å². The second-order valence-electron chi connectivity index (χ2n) is 8.91. The van der Waals surface area contributed by atoms with Crippen molar-refractivity contribution in [1.82, 2.24) is 9.80 Å². The zero-order valence-electron chi connectivity index (χ0n) is 15.6. The van der Waals surface area contributed by atoms with E-state index in [1.165, 1.54) is 25.9 Å². The van der Waals surface area contributed by atoms with Crippen LogP contribution in [0.1, 0.15) is 54.4 Å². The van der Waals surface area contributed by atoms with E-state index in [1.54, 1.807) is 0 Å². The van der Waals surface area contributed by atoms with Crippen molar-refractivity contribution < 1.29 is 9.47 Å². The zero-order chi connectivity index (χ0) is 16.4. The normalized spacial score (nSPS) is 23.7. The molecule has 0 unspecified atom stereocenters. The van der Waals surface area contributed by atoms with Crippen molar-refractivity contribution in [1.29, 1.82) is 0 Å². The number of hydrogen-bond acceptors (Lipinski definition) is 4. The second kappa shape index (κ2) is 6.76. The molecule has 22 heavy (non-hydrogen) atoms. The molecule has 1 saturated heterocycles. The van der Waals surface area contributed by atoms with Gasteiger partial charge >= 0.3 is 0 Å². The van der Waals surface area contributed by atoms with Crippen LogP contribution in [0.4, 0.5) is 0 Å². The van der Waals surface area contributed by atoms with Crippen LogP contribution in [-0.4, -0.2) is 72.5 Å². The summed E-state index contributed by atoms with van der Waals surface area (Å²) in [5, 5.41) is 0. The molecule has 0 aromatic carbocycles. The maximum atomic E-state index is 6.06. The predicted octanol–water partition coefficient (Wildman–Crippen LogP) is 2.77. The van der Waals surface area contributed by atoms with Gasteiger partial charge in [-0.1, -0.05) is 0 Å². The van der Waals surface area contributed by atoms with E-state index >= 15 is 0 Å². The Morgan fingerprint density at radius 1 is 0.818 bits per heavy atom. The maximum Gasteiger partial charge on any atom is 0.0657 e. The largest absolute Gasteiger partial charge is 0.375 e. The molecule has 1 saturated carbocycles. The fourth-order valence-corrected chi connectivity index (χ4v) is 2.97. The van der Waals surface area contributed by atoms with Crippen LogP contribution in [-0.2, 0) is 9.47 Å². The summed E-state index contributed by atoms with van der Waals surface area (Å²) in [6.07, 6.45) is 2.60. The van der Waals surface area contributed by atoms with E-state index < -0.39 is 0 Å². The Morgan fingerprint density at radius 2 is 1.36 bits per heavy atom. The monoisotopic (exact) mass is 312 g/mol. The number of nitrogens with zero attached hydrogens (tertiary/aromatic N) is 2. The summed E-state index contributed by atoms with van der Waals surface area (Å²) < 4.78 is 11.9. The van der Waals surface area contributed by atoms with Crippen molar-refractivity contribution in [3.63, 3.8) is 0 Å². The molecule has 0 amide bonds. The lowest BCUT2D eigenvalue weighted by molar-refractivity contribution is -0.0549. The first kappa shape index (κ1) is 18.2. The van der Waals surface area contributed by atoms with Gasteiger partial charge in [0.05, 0.1) is 24.4 Å². The first-order valence-corrected chi connectivity index (χ1v) is 8.85. The number of rotatable bonds is 6. The molecule has 4 nitrogen and oxygen atoms in total. The molecule has 0 aromatic rings. The molecule has 0 atom stereocenters. The van der Waals surface area contributed by atoms with E-state index in [2.05, 4.69) is 51.3 Å². The summed E-state index contributed by atoms with van der Waals surface area (Å²) >= 11 is 0. The summed E-state index contributed by atoms with van der Waals surface area (Å²) in [7, 11) is 0. The number of hydrogen-bond donors (Lipinski definition) is 0. The van der Waals surface area contributed by atoms with Crippen molar-refractivity contribution in [2.45, 2.75) is 71.1 Å². The van der Waals surface area contributed by atoms with Gasteiger partial charge in [-0.3, -0.25) is 9.80 Å². The third-order valence-corrected chi connectivity index (χ3v) is 4.59. The quantitative estimate of drug-likeness (QED) is 0.753. The van der Waals surface area contributed by atoms with Crippen molar-refractivity contribution in [2.24, 2.45) is 0 Å². The molecular weight excluding hydrogens is 276 g/mol. The van der Waals surface area contributed by atoms with Gasteiger partial charge in [-0.25, -0.2) is 0 Å². The minimum absolute atomic E-state index is 0.0236. The van der Waals surface area contributed by atoms with Crippen LogP contribution in [0.25, 0.3) is 0 Å². The first-order chi connectivity index (χ1) is 10.1. The molecule has 0 bridgehead atoms. The van der Waals surface area contributed by atoms with Gasteiger partial charge in [-0.15, -0.1) is 0 Å². The van der Waals surface area contributed by atoms with Gasteiger partial charge < -0.3 is 9.47 Å². The van der Waals surface area contributed by atoms with E-state index in [-0.39, 0.29) is 11.2 Å². The van der Waals surface area contributed by atoms with Gasteiger partial charge in [0.15, 0.2) is 0 Å². The second-order valence-corrected chi connectivity index (χ2v) is 8.91. The van der Waals surface area contributed by atoms with Crippen molar-refractivity contribution >= 4 is 0 Å². The fraction of sp³-hybridized carbons (Fsp3) is 1.00. The highest BCUT2D eigenvalue weighted by Crippen LogP contribution is 2.43. The number of piperazine rings is 1. The lowest BCUT2D eigenvalue weighted by Gasteiger charge is -2.40. The molecule has 2 aliphatic rings. The fourth-order valence-electron chi connectivity index (χ4n) is 2.97. The van der Waals surface area contributed by atoms with Crippen LogP contribution >= 0.6 is 0 Å². The van der Waals surface area contributed by atoms with Crippen LogP contribution in [0.5, 0.6) is 0 Å². The molecule has 1 aliphatic heterocycles. The van der Waals surface area contributed by atoms with Crippen LogP contribution in [0.2, 0.25) is 0 Å². The molecule has 2 rings (SSSR count). The summed E-state index contributed by atoms with van der Waals surface area (Å²) in [4.78, 5) is 5.20. The van der Waals surface area contributed by atoms with Gasteiger partial charge in [0, 0.05) is 38.3 Å². The molecule has 0 N–H and O–H groups in total. The number of ether oxygens (including phenoxy) is 2. The Morgan fingerprint density at radius 3 is 1.82 bits per heavy atom. The molecule has 130 valence electrons. The Bertz CT molecular complexity index is 345. The van der Waals surface area contributed by atoms with Gasteiger partial charge in [0.1, 0.15) is 0 Å². The highest BCUT2D eigenvalue weighted by molar-refractivity contribution is 5.05. The highest BCUT2D eigenvalue weighted by Gasteiger charge is 2.49. The van der Waals surface area contributed by atoms with E-state index in [9.17, 15) is 0 Å². The zero-order valence-corrected chi connectivity index (χ0v) is 15.6. The smallest absolute Gasteiger partial charge is 0.0657 e. The average Bonchev–Trinajstić information content (AvgIpc) is 3.16. The third kappa shape index (κ3) is 5.80. The molecule has 0 spiro atoms. The van der Waals surface area contributed by atoms with E-state index in [0.717, 1.165) is 32.8 Å². The standard InChI is InChI=1S/C18H36N2O2/c1-16(2,3)21-14-13-19-9-11-20(12-10-19)18(7-8-18)15-22-17(4,5)6/h7-15H2,1-6H3. The Kier molecular flexibility index (Phi) is 5.59. The van der Waals surface area contributed by atoms with Crippen molar-refractivity contribution in [3.05, 3.63) is 0 Å². The molecule has 1 aliphatic carbocycles. The Hall–Kier alpha value is -0.160. The molecule has 4 heteroatoms. The lowest BCUT2D eigenvalue weighted by Crippen LogP contribution is -2.54. The molecule has 0 radical (unpaired) electrons. The van der Waals surface area contributed by atoms with Crippen LogP contribution < -0.4 is 0 Å².